The molecule has 0 spiro atoms. The summed E-state index contributed by atoms with van der Waals surface area (Å²) in [7, 11) is 0. The van der Waals surface area contributed by atoms with Gasteiger partial charge in [0.05, 0.1) is 12.1 Å². The molecule has 2 aliphatic rings. The van der Waals surface area contributed by atoms with E-state index in [1.807, 2.05) is 37.3 Å². The van der Waals surface area contributed by atoms with Gasteiger partial charge in [0.15, 0.2) is 0 Å². The van der Waals surface area contributed by atoms with E-state index in [0.717, 1.165) is 61.3 Å². The Morgan fingerprint density at radius 1 is 1.11 bits per heavy atom. The molecule has 2 fully saturated rings. The summed E-state index contributed by atoms with van der Waals surface area (Å²) in [6, 6.07) is 19.2. The van der Waals surface area contributed by atoms with Crippen LogP contribution in [0.2, 0.25) is 0 Å². The highest BCUT2D eigenvalue weighted by Crippen LogP contribution is 2.30. The van der Waals surface area contributed by atoms with E-state index in [2.05, 4.69) is 52.1 Å². The number of thiophene rings is 1. The third-order valence-electron chi connectivity index (χ3n) is 7.03. The van der Waals surface area contributed by atoms with Crippen LogP contribution >= 0.6 is 11.3 Å². The lowest BCUT2D eigenvalue weighted by atomic mass is 10.0. The Labute approximate surface area is 216 Å². The van der Waals surface area contributed by atoms with Crippen LogP contribution in [0.4, 0.5) is 5.69 Å². The van der Waals surface area contributed by atoms with E-state index in [4.69, 9.17) is 0 Å². The Bertz CT molecular complexity index is 1250. The fraction of sp³-hybridized carbons (Fsp3) is 0.345. The molecular formula is C29H34N4O2S. The SMILES string of the molecule is C=C(NC(=O)c1cc(NC2CNC2)ccc1C)c1cccc(-c2ccc(CN[C@@H]3CC[C@H](O)C3)s2)c1. The van der Waals surface area contributed by atoms with Crippen LogP contribution in [-0.4, -0.2) is 42.3 Å². The molecule has 1 saturated carbocycles. The van der Waals surface area contributed by atoms with Gasteiger partial charge >= 0.3 is 0 Å². The second kappa shape index (κ2) is 11.0. The predicted octanol–water partition coefficient (Wildman–Crippen LogP) is 4.51. The van der Waals surface area contributed by atoms with Crippen LogP contribution < -0.4 is 21.3 Å². The molecule has 0 radical (unpaired) electrons. The Morgan fingerprint density at radius 2 is 1.97 bits per heavy atom. The molecule has 1 amide bonds. The fourth-order valence-corrected chi connectivity index (χ4v) is 5.69. The molecule has 7 heteroatoms. The summed E-state index contributed by atoms with van der Waals surface area (Å²) in [5, 5.41) is 23.0. The van der Waals surface area contributed by atoms with Gasteiger partial charge < -0.3 is 26.4 Å². The molecule has 0 unspecified atom stereocenters. The molecule has 2 heterocycles. The van der Waals surface area contributed by atoms with Crippen LogP contribution in [0.1, 0.15) is 45.6 Å². The molecular weight excluding hydrogens is 468 g/mol. The highest BCUT2D eigenvalue weighted by molar-refractivity contribution is 7.15. The monoisotopic (exact) mass is 502 g/mol. The zero-order valence-corrected chi connectivity index (χ0v) is 21.5. The van der Waals surface area contributed by atoms with Gasteiger partial charge in [-0.15, -0.1) is 11.3 Å². The Hall–Kier alpha value is -2.97. The number of aliphatic hydroxyl groups is 1. The summed E-state index contributed by atoms with van der Waals surface area (Å²) < 4.78 is 0. The van der Waals surface area contributed by atoms with Crippen LogP contribution in [-0.2, 0) is 6.54 Å². The number of hydrogen-bond acceptors (Lipinski definition) is 6. The minimum atomic E-state index is -0.160. The maximum Gasteiger partial charge on any atom is 0.256 e. The lowest BCUT2D eigenvalue weighted by Gasteiger charge is -2.29. The minimum Gasteiger partial charge on any atom is -0.393 e. The average Bonchev–Trinajstić information content (AvgIpc) is 3.50. The van der Waals surface area contributed by atoms with E-state index in [9.17, 15) is 9.90 Å². The second-order valence-electron chi connectivity index (χ2n) is 9.85. The maximum atomic E-state index is 13.1. The summed E-state index contributed by atoms with van der Waals surface area (Å²) in [5.74, 6) is -0.153. The topological polar surface area (TPSA) is 85.4 Å². The quantitative estimate of drug-likeness (QED) is 0.297. The van der Waals surface area contributed by atoms with Crippen LogP contribution in [0, 0.1) is 6.92 Å². The van der Waals surface area contributed by atoms with Crippen LogP contribution in [0.15, 0.2) is 61.2 Å². The predicted molar refractivity (Wildman–Crippen MR) is 148 cm³/mol. The Kier molecular flexibility index (Phi) is 7.53. The number of carbonyl (C=O) groups excluding carboxylic acids is 1. The highest BCUT2D eigenvalue weighted by Gasteiger charge is 2.22. The van der Waals surface area contributed by atoms with Crippen molar-refractivity contribution in [2.45, 2.75) is 50.9 Å². The number of hydrogen-bond donors (Lipinski definition) is 5. The molecule has 1 aromatic heterocycles. The molecule has 36 heavy (non-hydrogen) atoms. The molecule has 6 nitrogen and oxygen atoms in total. The van der Waals surface area contributed by atoms with E-state index in [0.29, 0.717) is 23.3 Å². The second-order valence-corrected chi connectivity index (χ2v) is 11.0. The van der Waals surface area contributed by atoms with Crippen molar-refractivity contribution < 1.29 is 9.90 Å². The molecule has 2 aromatic carbocycles. The van der Waals surface area contributed by atoms with E-state index >= 15 is 0 Å². The number of amides is 1. The van der Waals surface area contributed by atoms with Crippen molar-refractivity contribution >= 4 is 28.6 Å². The molecule has 1 aliphatic carbocycles. The smallest absolute Gasteiger partial charge is 0.256 e. The van der Waals surface area contributed by atoms with Crippen molar-refractivity contribution in [1.82, 2.24) is 16.0 Å². The Morgan fingerprint density at radius 3 is 2.72 bits per heavy atom. The number of aryl methyl sites for hydroxylation is 1. The van der Waals surface area contributed by atoms with Gasteiger partial charge in [0.1, 0.15) is 0 Å². The van der Waals surface area contributed by atoms with E-state index < -0.39 is 0 Å². The van der Waals surface area contributed by atoms with Crippen molar-refractivity contribution in [3.05, 3.63) is 82.7 Å². The largest absolute Gasteiger partial charge is 0.393 e. The first kappa shape index (κ1) is 24.7. The van der Waals surface area contributed by atoms with Crippen molar-refractivity contribution in [3.63, 3.8) is 0 Å². The first-order chi connectivity index (χ1) is 17.4. The third-order valence-corrected chi connectivity index (χ3v) is 8.16. The van der Waals surface area contributed by atoms with Gasteiger partial charge in [-0.25, -0.2) is 0 Å². The number of anilines is 1. The fourth-order valence-electron chi connectivity index (χ4n) is 4.74. The normalized spacial score (nSPS) is 19.6. The number of benzene rings is 2. The molecule has 5 N–H and O–H groups in total. The summed E-state index contributed by atoms with van der Waals surface area (Å²) in [4.78, 5) is 15.5. The van der Waals surface area contributed by atoms with Gasteiger partial charge in [-0.1, -0.05) is 30.8 Å². The standard InChI is InChI=1S/C29H34N4O2S/c1-18-6-7-23(33-24-15-30-16-24)14-27(18)29(35)32-19(2)20-4-3-5-21(12-20)28-11-10-26(36-28)17-31-22-8-9-25(34)13-22/h3-7,10-12,14,22,24-25,30-31,33-34H,2,8-9,13,15-17H2,1H3,(H,32,35)/t22-,25+/m1/s1. The Balaban J connectivity index is 1.22. The van der Waals surface area contributed by atoms with Crippen molar-refractivity contribution in [2.75, 3.05) is 18.4 Å². The van der Waals surface area contributed by atoms with Gasteiger partial charge in [0.25, 0.3) is 5.91 Å². The highest BCUT2D eigenvalue weighted by atomic mass is 32.1. The van der Waals surface area contributed by atoms with Crippen LogP contribution in [0.5, 0.6) is 0 Å². The van der Waals surface area contributed by atoms with Gasteiger partial charge in [-0.2, -0.15) is 0 Å². The lowest BCUT2D eigenvalue weighted by Crippen LogP contribution is -2.51. The minimum absolute atomic E-state index is 0.153. The molecule has 1 aliphatic heterocycles. The zero-order chi connectivity index (χ0) is 25.1. The third kappa shape index (κ3) is 5.87. The average molecular weight is 503 g/mol. The molecule has 1 saturated heterocycles. The van der Waals surface area contributed by atoms with Crippen LogP contribution in [0.3, 0.4) is 0 Å². The zero-order valence-electron chi connectivity index (χ0n) is 20.6. The van der Waals surface area contributed by atoms with Gasteiger partial charge in [-0.3, -0.25) is 4.79 Å². The molecule has 188 valence electrons. The summed E-state index contributed by atoms with van der Waals surface area (Å²) >= 11 is 1.76. The molecule has 5 rings (SSSR count). The number of nitrogens with one attached hydrogen (secondary N) is 4. The summed E-state index contributed by atoms with van der Waals surface area (Å²) in [6.45, 7) is 8.79. The van der Waals surface area contributed by atoms with E-state index in [1.165, 1.54) is 9.75 Å². The lowest BCUT2D eigenvalue weighted by molar-refractivity contribution is 0.0973. The van der Waals surface area contributed by atoms with Crippen molar-refractivity contribution in [1.29, 1.82) is 0 Å². The van der Waals surface area contributed by atoms with Crippen molar-refractivity contribution in [3.8, 4) is 10.4 Å². The first-order valence-corrected chi connectivity index (χ1v) is 13.5. The number of rotatable bonds is 9. The molecule has 3 aromatic rings. The first-order valence-electron chi connectivity index (χ1n) is 12.6. The summed E-state index contributed by atoms with van der Waals surface area (Å²) in [6.07, 6.45) is 2.60. The van der Waals surface area contributed by atoms with Gasteiger partial charge in [0.2, 0.25) is 0 Å². The number of carbonyl (C=O) groups is 1. The summed E-state index contributed by atoms with van der Waals surface area (Å²) in [5.41, 5.74) is 5.11. The van der Waals surface area contributed by atoms with E-state index in [1.54, 1.807) is 11.3 Å². The number of aliphatic hydroxyl groups excluding tert-OH is 1. The molecule has 2 atom stereocenters. The van der Waals surface area contributed by atoms with Gasteiger partial charge in [0, 0.05) is 52.4 Å². The maximum absolute atomic E-state index is 13.1. The van der Waals surface area contributed by atoms with Crippen LogP contribution in [0.25, 0.3) is 16.1 Å². The van der Waals surface area contributed by atoms with Gasteiger partial charge in [-0.05, 0) is 73.2 Å². The molecule has 0 bridgehead atoms. The van der Waals surface area contributed by atoms with E-state index in [-0.39, 0.29) is 12.0 Å². The van der Waals surface area contributed by atoms with Crippen molar-refractivity contribution in [2.24, 2.45) is 0 Å².